The van der Waals surface area contributed by atoms with Crippen LogP contribution >= 0.6 is 0 Å². The number of Topliss-reactive ketones (excluding diaryl/α,β-unsaturated/α-hetero) is 1. The minimum atomic E-state index is -0.513. The summed E-state index contributed by atoms with van der Waals surface area (Å²) in [5.74, 6) is -0.116. The summed E-state index contributed by atoms with van der Waals surface area (Å²) in [6.45, 7) is 1.78. The zero-order valence-corrected chi connectivity index (χ0v) is 11.4. The maximum Gasteiger partial charge on any atom is 0.287 e. The van der Waals surface area contributed by atoms with E-state index in [4.69, 9.17) is 4.74 Å². The van der Waals surface area contributed by atoms with Crippen molar-refractivity contribution in [2.45, 2.75) is 31.6 Å². The number of amides is 1. The normalized spacial score (nSPS) is 16.3. The number of nitrogens with one attached hydrogen (secondary N) is 1. The van der Waals surface area contributed by atoms with Crippen molar-refractivity contribution in [2.24, 2.45) is 0 Å². The number of ether oxygens (including phenoxy) is 1. The SMILES string of the molecule is COc1ccccc1C1(CNC(=O)C(C)=O)CCC1. The zero-order valence-electron chi connectivity index (χ0n) is 11.4. The van der Waals surface area contributed by atoms with Gasteiger partial charge in [-0.15, -0.1) is 0 Å². The molecule has 1 fully saturated rings. The molecule has 19 heavy (non-hydrogen) atoms. The van der Waals surface area contributed by atoms with Crippen molar-refractivity contribution in [3.8, 4) is 5.75 Å². The van der Waals surface area contributed by atoms with Crippen LogP contribution < -0.4 is 10.1 Å². The lowest BCUT2D eigenvalue weighted by Gasteiger charge is -2.43. The van der Waals surface area contributed by atoms with Crippen molar-refractivity contribution >= 4 is 11.7 Å². The predicted molar refractivity (Wildman–Crippen MR) is 72.2 cm³/mol. The van der Waals surface area contributed by atoms with Crippen molar-refractivity contribution in [3.63, 3.8) is 0 Å². The largest absolute Gasteiger partial charge is 0.496 e. The lowest BCUT2D eigenvalue weighted by Crippen LogP contribution is -2.47. The maximum absolute atomic E-state index is 11.4. The Morgan fingerprint density at radius 1 is 1.32 bits per heavy atom. The summed E-state index contributed by atoms with van der Waals surface area (Å²) < 4.78 is 5.40. The molecular weight excluding hydrogens is 242 g/mol. The molecule has 1 aliphatic rings. The lowest BCUT2D eigenvalue weighted by atomic mass is 9.64. The van der Waals surface area contributed by atoms with Gasteiger partial charge in [-0.2, -0.15) is 0 Å². The monoisotopic (exact) mass is 261 g/mol. The Bertz CT molecular complexity index is 492. The van der Waals surface area contributed by atoms with Crippen LogP contribution in [0, 0.1) is 0 Å². The molecule has 1 aromatic carbocycles. The molecule has 1 aliphatic carbocycles. The van der Waals surface area contributed by atoms with E-state index >= 15 is 0 Å². The van der Waals surface area contributed by atoms with E-state index in [9.17, 15) is 9.59 Å². The first-order valence-electron chi connectivity index (χ1n) is 6.51. The van der Waals surface area contributed by atoms with Gasteiger partial charge in [0.05, 0.1) is 7.11 Å². The number of ketones is 1. The summed E-state index contributed by atoms with van der Waals surface area (Å²) in [4.78, 5) is 22.4. The Morgan fingerprint density at radius 2 is 2.00 bits per heavy atom. The van der Waals surface area contributed by atoms with Gasteiger partial charge in [0.2, 0.25) is 5.78 Å². The van der Waals surface area contributed by atoms with Crippen LogP contribution in [0.5, 0.6) is 5.75 Å². The molecular formula is C15H19NO3. The van der Waals surface area contributed by atoms with Gasteiger partial charge in [-0.1, -0.05) is 24.6 Å². The number of carbonyl (C=O) groups excluding carboxylic acids is 2. The Morgan fingerprint density at radius 3 is 2.53 bits per heavy atom. The van der Waals surface area contributed by atoms with Crippen LogP contribution in [0.1, 0.15) is 31.7 Å². The van der Waals surface area contributed by atoms with Gasteiger partial charge >= 0.3 is 0 Å². The molecule has 0 heterocycles. The number of rotatable bonds is 5. The predicted octanol–water partition coefficient (Wildman–Crippen LogP) is 1.82. The highest BCUT2D eigenvalue weighted by Crippen LogP contribution is 2.46. The summed E-state index contributed by atoms with van der Waals surface area (Å²) in [6, 6.07) is 7.88. The first kappa shape index (κ1) is 13.6. The highest BCUT2D eigenvalue weighted by atomic mass is 16.5. The fourth-order valence-corrected chi connectivity index (χ4v) is 2.60. The third kappa shape index (κ3) is 2.62. The minimum absolute atomic E-state index is 0.0856. The van der Waals surface area contributed by atoms with Crippen molar-refractivity contribution in [1.82, 2.24) is 5.32 Å². The highest BCUT2D eigenvalue weighted by molar-refractivity contribution is 6.35. The first-order valence-corrected chi connectivity index (χ1v) is 6.51. The third-order valence-electron chi connectivity index (χ3n) is 3.90. The number of para-hydroxylation sites is 1. The molecule has 102 valence electrons. The minimum Gasteiger partial charge on any atom is -0.496 e. The van der Waals surface area contributed by atoms with E-state index in [1.165, 1.54) is 6.92 Å². The van der Waals surface area contributed by atoms with Crippen molar-refractivity contribution < 1.29 is 14.3 Å². The van der Waals surface area contributed by atoms with E-state index in [2.05, 4.69) is 5.32 Å². The average molecular weight is 261 g/mol. The number of carbonyl (C=O) groups is 2. The van der Waals surface area contributed by atoms with Crippen LogP contribution in [0.3, 0.4) is 0 Å². The van der Waals surface area contributed by atoms with Crippen LogP contribution in [0.4, 0.5) is 0 Å². The molecule has 1 aromatic rings. The topological polar surface area (TPSA) is 55.4 Å². The van der Waals surface area contributed by atoms with Gasteiger partial charge in [0, 0.05) is 24.4 Å². The van der Waals surface area contributed by atoms with Gasteiger partial charge in [-0.05, 0) is 18.9 Å². The third-order valence-corrected chi connectivity index (χ3v) is 3.90. The van der Waals surface area contributed by atoms with Crippen LogP contribution in [-0.2, 0) is 15.0 Å². The Labute approximate surface area is 113 Å². The molecule has 4 nitrogen and oxygen atoms in total. The van der Waals surface area contributed by atoms with E-state index in [1.54, 1.807) is 7.11 Å². The van der Waals surface area contributed by atoms with Gasteiger partial charge in [-0.3, -0.25) is 9.59 Å². The number of hydrogen-bond acceptors (Lipinski definition) is 3. The Balaban J connectivity index is 2.18. The molecule has 0 atom stereocenters. The molecule has 1 amide bonds. The summed E-state index contributed by atoms with van der Waals surface area (Å²) in [5, 5.41) is 2.73. The molecule has 0 bridgehead atoms. The quantitative estimate of drug-likeness (QED) is 0.823. The van der Waals surface area contributed by atoms with Gasteiger partial charge < -0.3 is 10.1 Å². The molecule has 0 aliphatic heterocycles. The van der Waals surface area contributed by atoms with E-state index in [0.717, 1.165) is 30.6 Å². The highest BCUT2D eigenvalue weighted by Gasteiger charge is 2.40. The van der Waals surface area contributed by atoms with Gasteiger partial charge in [0.1, 0.15) is 5.75 Å². The molecule has 0 saturated heterocycles. The number of hydrogen-bond donors (Lipinski definition) is 1. The Kier molecular flexibility index (Phi) is 3.88. The van der Waals surface area contributed by atoms with Crippen molar-refractivity contribution in [3.05, 3.63) is 29.8 Å². The molecule has 0 radical (unpaired) electrons. The molecule has 0 unspecified atom stereocenters. The average Bonchev–Trinajstić information content (AvgIpc) is 2.37. The Hall–Kier alpha value is -1.84. The zero-order chi connectivity index (χ0) is 13.9. The summed E-state index contributed by atoms with van der Waals surface area (Å²) in [5.41, 5.74) is 1.03. The molecule has 2 rings (SSSR count). The van der Waals surface area contributed by atoms with E-state index < -0.39 is 11.7 Å². The molecule has 0 aromatic heterocycles. The van der Waals surface area contributed by atoms with Crippen LogP contribution in [0.25, 0.3) is 0 Å². The summed E-state index contributed by atoms with van der Waals surface area (Å²) in [7, 11) is 1.65. The fraction of sp³-hybridized carbons (Fsp3) is 0.467. The fourth-order valence-electron chi connectivity index (χ4n) is 2.60. The van der Waals surface area contributed by atoms with Crippen molar-refractivity contribution in [2.75, 3.05) is 13.7 Å². The maximum atomic E-state index is 11.4. The second kappa shape index (κ2) is 5.43. The van der Waals surface area contributed by atoms with Crippen LogP contribution in [-0.4, -0.2) is 25.3 Å². The number of methoxy groups -OCH3 is 1. The standard InChI is InChI=1S/C15H19NO3/c1-11(17)14(18)16-10-15(8-5-9-15)12-6-3-4-7-13(12)19-2/h3-4,6-7H,5,8-10H2,1-2H3,(H,16,18). The lowest BCUT2D eigenvalue weighted by molar-refractivity contribution is -0.136. The van der Waals surface area contributed by atoms with E-state index in [1.807, 2.05) is 24.3 Å². The van der Waals surface area contributed by atoms with Crippen LogP contribution in [0.15, 0.2) is 24.3 Å². The molecule has 0 spiro atoms. The first-order chi connectivity index (χ1) is 9.09. The van der Waals surface area contributed by atoms with Crippen LogP contribution in [0.2, 0.25) is 0 Å². The number of benzene rings is 1. The molecule has 1 N–H and O–H groups in total. The summed E-state index contributed by atoms with van der Waals surface area (Å²) in [6.07, 6.45) is 3.14. The van der Waals surface area contributed by atoms with Gasteiger partial charge in [0.25, 0.3) is 5.91 Å². The smallest absolute Gasteiger partial charge is 0.287 e. The van der Waals surface area contributed by atoms with Gasteiger partial charge in [0.15, 0.2) is 0 Å². The second-order valence-electron chi connectivity index (χ2n) is 5.07. The second-order valence-corrected chi connectivity index (χ2v) is 5.07. The molecule has 4 heteroatoms. The van der Waals surface area contributed by atoms with Gasteiger partial charge in [-0.25, -0.2) is 0 Å². The van der Waals surface area contributed by atoms with E-state index in [-0.39, 0.29) is 5.41 Å². The summed E-state index contributed by atoms with van der Waals surface area (Å²) >= 11 is 0. The van der Waals surface area contributed by atoms with Crippen molar-refractivity contribution in [1.29, 1.82) is 0 Å². The van der Waals surface area contributed by atoms with E-state index in [0.29, 0.717) is 6.54 Å². The molecule has 1 saturated carbocycles.